The Morgan fingerprint density at radius 2 is 1.57 bits per heavy atom. The first kappa shape index (κ1) is 36.3. The summed E-state index contributed by atoms with van der Waals surface area (Å²) in [4.78, 5) is 12.5. The number of fused-ring (bicyclic) bond motifs is 4. The molecule has 3 saturated carbocycles. The fourth-order valence-corrected chi connectivity index (χ4v) is 10.1. The van der Waals surface area contributed by atoms with E-state index in [2.05, 4.69) is 10.6 Å². The lowest BCUT2D eigenvalue weighted by molar-refractivity contribution is -0.362. The molecular weight excluding hydrogens is 671 g/mol. The Morgan fingerprint density at radius 3 is 2.22 bits per heavy atom. The highest BCUT2D eigenvalue weighted by molar-refractivity contribution is 5.89. The Kier molecular flexibility index (Phi) is 8.72. The summed E-state index contributed by atoms with van der Waals surface area (Å²) in [5.74, 6) is -7.93. The molecule has 2 aromatic carbocycles. The van der Waals surface area contributed by atoms with Crippen LogP contribution in [0.5, 0.6) is 0 Å². The van der Waals surface area contributed by atoms with Crippen LogP contribution < -0.4 is 10.6 Å². The third kappa shape index (κ3) is 5.98. The van der Waals surface area contributed by atoms with Crippen molar-refractivity contribution < 1.29 is 46.4 Å². The summed E-state index contributed by atoms with van der Waals surface area (Å²) in [6.07, 6.45) is -4.93. The van der Waals surface area contributed by atoms with E-state index in [1.54, 1.807) is 36.4 Å². The summed E-state index contributed by atoms with van der Waals surface area (Å²) in [6, 6.07) is 15.8. The number of nitrogens with one attached hydrogen (secondary N) is 2. The number of hydrogen-bond acceptors (Lipinski definition) is 5. The van der Waals surface area contributed by atoms with Gasteiger partial charge in [0, 0.05) is 41.8 Å². The second-order valence-corrected chi connectivity index (χ2v) is 16.6. The van der Waals surface area contributed by atoms with E-state index in [-0.39, 0.29) is 37.6 Å². The third-order valence-electron chi connectivity index (χ3n) is 12.8. The highest BCUT2D eigenvalue weighted by Gasteiger charge is 2.79. The van der Waals surface area contributed by atoms with Crippen LogP contribution in [0, 0.1) is 22.7 Å². The molecule has 4 fully saturated rings. The average molecular weight is 719 g/mol. The van der Waals surface area contributed by atoms with Gasteiger partial charge in [0.25, 0.3) is 0 Å². The van der Waals surface area contributed by atoms with Gasteiger partial charge in [-0.3, -0.25) is 0 Å². The lowest BCUT2D eigenvalue weighted by Gasteiger charge is -2.59. The van der Waals surface area contributed by atoms with E-state index in [0.717, 1.165) is 16.7 Å². The minimum Gasteiger partial charge on any atom is -0.385 e. The van der Waals surface area contributed by atoms with Gasteiger partial charge in [-0.15, -0.1) is 0 Å². The maximum absolute atomic E-state index is 15.4. The maximum Gasteiger partial charge on any atom is 0.456 e. The highest BCUT2D eigenvalue weighted by atomic mass is 19.4. The SMILES string of the molecule is CC1(C)COC2(CCC3=C4C(CCC3(O)C2)C2CCC(O)(C(F)(F)C(F)(F)F)C2(C)C[C@@H]4c2ccc(CNC(=O)Nc3ccccc3)cc2)OC1. The molecule has 4 N–H and O–H groups in total. The van der Waals surface area contributed by atoms with Crippen molar-refractivity contribution >= 4 is 11.7 Å². The van der Waals surface area contributed by atoms with Crippen LogP contribution in [0.15, 0.2) is 65.7 Å². The summed E-state index contributed by atoms with van der Waals surface area (Å²) in [7, 11) is 0. The van der Waals surface area contributed by atoms with Crippen LogP contribution in [-0.4, -0.2) is 58.5 Å². The zero-order valence-electron chi connectivity index (χ0n) is 29.2. The van der Waals surface area contributed by atoms with Crippen LogP contribution >= 0.6 is 0 Å². The minimum atomic E-state index is -5.92. The number of benzene rings is 2. The first-order chi connectivity index (χ1) is 23.8. The third-order valence-corrected chi connectivity index (χ3v) is 12.8. The Labute approximate surface area is 295 Å². The van der Waals surface area contributed by atoms with Gasteiger partial charge in [0.1, 0.15) is 5.60 Å². The Hall–Kier alpha value is -3.06. The zero-order chi connectivity index (χ0) is 36.7. The number of aliphatic hydroxyl groups is 2. The van der Waals surface area contributed by atoms with Gasteiger partial charge >= 0.3 is 18.1 Å². The fraction of sp³-hybridized carbons (Fsp3) is 0.615. The molecule has 2 amide bonds. The normalized spacial score (nSPS) is 34.4. The number of hydrogen-bond donors (Lipinski definition) is 4. The smallest absolute Gasteiger partial charge is 0.385 e. The van der Waals surface area contributed by atoms with Gasteiger partial charge in [-0.1, -0.05) is 68.8 Å². The van der Waals surface area contributed by atoms with Crippen molar-refractivity contribution in [3.63, 3.8) is 0 Å². The van der Waals surface area contributed by atoms with Crippen molar-refractivity contribution in [2.24, 2.45) is 22.7 Å². The number of allylic oxidation sites excluding steroid dienone is 1. The number of rotatable bonds is 5. The van der Waals surface area contributed by atoms with E-state index in [1.807, 2.05) is 32.0 Å². The van der Waals surface area contributed by atoms with Crippen molar-refractivity contribution in [2.75, 3.05) is 18.5 Å². The molecule has 5 aliphatic rings. The van der Waals surface area contributed by atoms with Crippen molar-refractivity contribution in [1.82, 2.24) is 5.32 Å². The molecule has 0 bridgehead atoms. The van der Waals surface area contributed by atoms with Crippen molar-refractivity contribution in [1.29, 1.82) is 0 Å². The highest BCUT2D eigenvalue weighted by Crippen LogP contribution is 2.71. The number of para-hydroxylation sites is 1. The van der Waals surface area contributed by atoms with Gasteiger partial charge in [-0.25, -0.2) is 4.79 Å². The molecule has 5 unspecified atom stereocenters. The molecule has 0 radical (unpaired) electrons. The molecule has 6 atom stereocenters. The molecule has 2 aromatic rings. The molecule has 1 heterocycles. The molecule has 1 spiro atoms. The van der Waals surface area contributed by atoms with Crippen LogP contribution in [-0.2, 0) is 16.0 Å². The van der Waals surface area contributed by atoms with Crippen molar-refractivity contribution in [2.45, 2.75) is 114 Å². The van der Waals surface area contributed by atoms with Gasteiger partial charge in [-0.05, 0) is 79.2 Å². The average Bonchev–Trinajstić information content (AvgIpc) is 3.36. The molecule has 0 aromatic heterocycles. The summed E-state index contributed by atoms with van der Waals surface area (Å²) in [6.45, 7) is 6.64. The number of alkyl halides is 5. The van der Waals surface area contributed by atoms with E-state index < -0.39 is 64.7 Å². The van der Waals surface area contributed by atoms with Crippen LogP contribution in [0.25, 0.3) is 0 Å². The lowest BCUT2D eigenvalue weighted by atomic mass is 9.49. The summed E-state index contributed by atoms with van der Waals surface area (Å²) >= 11 is 0. The molecular formula is C39H47F5N2O5. The van der Waals surface area contributed by atoms with Gasteiger partial charge in [0.05, 0.1) is 18.8 Å². The molecule has 7 nitrogen and oxygen atoms in total. The fourth-order valence-electron chi connectivity index (χ4n) is 10.1. The molecule has 51 heavy (non-hydrogen) atoms. The first-order valence-electron chi connectivity index (χ1n) is 17.9. The molecule has 12 heteroatoms. The topological polar surface area (TPSA) is 100 Å². The van der Waals surface area contributed by atoms with E-state index in [4.69, 9.17) is 9.47 Å². The minimum absolute atomic E-state index is 0.0200. The second kappa shape index (κ2) is 12.2. The molecule has 1 aliphatic heterocycles. The molecule has 7 rings (SSSR count). The monoisotopic (exact) mass is 718 g/mol. The van der Waals surface area contributed by atoms with Crippen molar-refractivity contribution in [3.05, 3.63) is 76.9 Å². The number of carbonyl (C=O) groups excluding carboxylic acids is 1. The molecule has 278 valence electrons. The first-order valence-corrected chi connectivity index (χ1v) is 17.9. The number of amides is 2. The van der Waals surface area contributed by atoms with Crippen LogP contribution in [0.1, 0.15) is 89.2 Å². The summed E-state index contributed by atoms with van der Waals surface area (Å²) in [5.41, 5.74) is -2.76. The summed E-state index contributed by atoms with van der Waals surface area (Å²) < 4.78 is 85.4. The van der Waals surface area contributed by atoms with Gasteiger partial charge in [0.15, 0.2) is 5.79 Å². The van der Waals surface area contributed by atoms with E-state index >= 15 is 8.78 Å². The molecule has 4 aliphatic carbocycles. The number of urea groups is 1. The number of anilines is 1. The molecule has 1 saturated heterocycles. The number of carbonyl (C=O) groups is 1. The van der Waals surface area contributed by atoms with Crippen LogP contribution in [0.4, 0.5) is 32.4 Å². The van der Waals surface area contributed by atoms with Gasteiger partial charge in [-0.2, -0.15) is 22.0 Å². The van der Waals surface area contributed by atoms with Crippen molar-refractivity contribution in [3.8, 4) is 0 Å². The quantitative estimate of drug-likeness (QED) is 0.185. The van der Waals surface area contributed by atoms with E-state index in [9.17, 15) is 28.2 Å². The number of ether oxygens (including phenoxy) is 2. The Bertz CT molecular complexity index is 1670. The maximum atomic E-state index is 15.4. The Balaban J connectivity index is 1.23. The van der Waals surface area contributed by atoms with E-state index in [1.165, 1.54) is 6.92 Å². The Morgan fingerprint density at radius 1 is 0.902 bits per heavy atom. The van der Waals surface area contributed by atoms with Gasteiger partial charge in [0.2, 0.25) is 0 Å². The zero-order valence-corrected chi connectivity index (χ0v) is 29.2. The largest absolute Gasteiger partial charge is 0.456 e. The number of halogens is 5. The second-order valence-electron chi connectivity index (χ2n) is 16.6. The standard InChI is InChI=1S/C39H47F5N2O5/c1-33(2)22-50-36(51-23-33)17-14-30-31-27(13-16-35(30,48)21-36)29-15-18-37(49,38(40,41)39(42,43)44)34(29,3)19-28(31)25-11-9-24(10-12-25)20-45-32(47)46-26-7-5-4-6-8-26/h4-12,27-29,48-49H,13-23H2,1-3H3,(H2,45,46,47)/t27?,28-,29?,34?,35?,37?/m1/s1. The van der Waals surface area contributed by atoms with Crippen LogP contribution in [0.3, 0.4) is 0 Å². The predicted octanol–water partition coefficient (Wildman–Crippen LogP) is 8.23. The lowest BCUT2D eigenvalue weighted by Crippen LogP contribution is -2.65. The predicted molar refractivity (Wildman–Crippen MR) is 180 cm³/mol. The summed E-state index contributed by atoms with van der Waals surface area (Å²) in [5, 5.41) is 29.5. The van der Waals surface area contributed by atoms with E-state index in [0.29, 0.717) is 43.7 Å². The van der Waals surface area contributed by atoms with Gasteiger partial charge < -0.3 is 30.3 Å². The van der Waals surface area contributed by atoms with Crippen LogP contribution in [0.2, 0.25) is 0 Å².